The van der Waals surface area contributed by atoms with Gasteiger partial charge < -0.3 is 9.84 Å². The molecule has 0 aliphatic carbocycles. The minimum absolute atomic E-state index is 0.00201. The molecule has 1 aliphatic heterocycles. The average Bonchev–Trinajstić information content (AvgIpc) is 3.00. The zero-order valence-corrected chi connectivity index (χ0v) is 14.2. The lowest BCUT2D eigenvalue weighted by atomic mass is 9.97. The number of piperidine rings is 1. The molecule has 0 radical (unpaired) electrons. The highest BCUT2D eigenvalue weighted by atomic mass is 16.5. The molecule has 1 aromatic heterocycles. The van der Waals surface area contributed by atoms with Gasteiger partial charge in [-0.15, -0.1) is 0 Å². The van der Waals surface area contributed by atoms with E-state index in [0.29, 0.717) is 18.1 Å². The maximum Gasteiger partial charge on any atom is 0.240 e. The van der Waals surface area contributed by atoms with Gasteiger partial charge in [0.2, 0.25) is 17.7 Å². The van der Waals surface area contributed by atoms with Crippen LogP contribution in [0.4, 0.5) is 11.6 Å². The molecule has 1 fully saturated rings. The van der Waals surface area contributed by atoms with Crippen LogP contribution in [0.3, 0.4) is 0 Å². The summed E-state index contributed by atoms with van der Waals surface area (Å²) in [4.78, 5) is 26.5. The zero-order valence-electron chi connectivity index (χ0n) is 14.2. The fourth-order valence-corrected chi connectivity index (χ4v) is 2.98. The largest absolute Gasteiger partial charge is 0.338 e. The minimum Gasteiger partial charge on any atom is -0.338 e. The number of carbonyl (C=O) groups excluding carboxylic acids is 2. The van der Waals surface area contributed by atoms with E-state index in [1.54, 1.807) is 13.0 Å². The van der Waals surface area contributed by atoms with E-state index >= 15 is 0 Å². The third-order valence-corrected chi connectivity index (χ3v) is 4.18. The van der Waals surface area contributed by atoms with Crippen LogP contribution in [0, 0.1) is 12.8 Å². The van der Waals surface area contributed by atoms with Gasteiger partial charge in [-0.1, -0.05) is 23.4 Å². The van der Waals surface area contributed by atoms with Crippen molar-refractivity contribution in [1.82, 2.24) is 10.1 Å². The highest BCUT2D eigenvalue weighted by Crippen LogP contribution is 2.19. The third-order valence-electron chi connectivity index (χ3n) is 4.18. The lowest BCUT2D eigenvalue weighted by Gasteiger charge is -2.31. The van der Waals surface area contributed by atoms with Crippen LogP contribution in [0.5, 0.6) is 0 Å². The van der Waals surface area contributed by atoms with E-state index in [1.807, 2.05) is 35.2 Å². The van der Waals surface area contributed by atoms with Crippen molar-refractivity contribution in [2.24, 2.45) is 5.92 Å². The molecule has 132 valence electrons. The highest BCUT2D eigenvalue weighted by Gasteiger charge is 2.27. The SMILES string of the molecule is Cc1cc(NC(=O)CN2CCC[C@@H](C(=O)Nc3ccccc3)C2)on1. The Morgan fingerprint density at radius 1 is 1.28 bits per heavy atom. The number of likely N-dealkylation sites (tertiary alicyclic amines) is 1. The molecule has 0 spiro atoms. The second-order valence-corrected chi connectivity index (χ2v) is 6.31. The van der Waals surface area contributed by atoms with Gasteiger partial charge in [0.25, 0.3) is 0 Å². The van der Waals surface area contributed by atoms with E-state index in [9.17, 15) is 9.59 Å². The molecule has 1 aliphatic rings. The van der Waals surface area contributed by atoms with Gasteiger partial charge in [0.15, 0.2) is 0 Å². The molecule has 2 amide bonds. The Bertz CT molecular complexity index is 729. The Hall–Kier alpha value is -2.67. The van der Waals surface area contributed by atoms with E-state index in [0.717, 1.165) is 25.1 Å². The minimum atomic E-state index is -0.166. The van der Waals surface area contributed by atoms with Crippen LogP contribution in [-0.2, 0) is 9.59 Å². The normalized spacial score (nSPS) is 17.9. The van der Waals surface area contributed by atoms with Crippen LogP contribution in [0.2, 0.25) is 0 Å². The number of para-hydroxylation sites is 1. The highest BCUT2D eigenvalue weighted by molar-refractivity contribution is 5.93. The summed E-state index contributed by atoms with van der Waals surface area (Å²) in [6.07, 6.45) is 1.72. The number of hydrogen-bond acceptors (Lipinski definition) is 5. The molecule has 2 N–H and O–H groups in total. The fourth-order valence-electron chi connectivity index (χ4n) is 2.98. The summed E-state index contributed by atoms with van der Waals surface area (Å²) in [7, 11) is 0. The van der Waals surface area contributed by atoms with Gasteiger partial charge in [-0.25, -0.2) is 0 Å². The zero-order chi connectivity index (χ0) is 17.6. The number of nitrogens with one attached hydrogen (secondary N) is 2. The third kappa shape index (κ3) is 4.90. The Morgan fingerprint density at radius 2 is 2.08 bits per heavy atom. The first-order valence-corrected chi connectivity index (χ1v) is 8.41. The molecule has 1 aromatic carbocycles. The van der Waals surface area contributed by atoms with Crippen molar-refractivity contribution in [3.63, 3.8) is 0 Å². The average molecular weight is 342 g/mol. The van der Waals surface area contributed by atoms with Crippen molar-refractivity contribution in [2.75, 3.05) is 30.3 Å². The number of carbonyl (C=O) groups is 2. The van der Waals surface area contributed by atoms with Crippen LogP contribution in [-0.4, -0.2) is 41.5 Å². The molecular formula is C18H22N4O3. The van der Waals surface area contributed by atoms with Crippen molar-refractivity contribution in [3.05, 3.63) is 42.1 Å². The monoisotopic (exact) mass is 342 g/mol. The van der Waals surface area contributed by atoms with Gasteiger partial charge >= 0.3 is 0 Å². The van der Waals surface area contributed by atoms with Crippen molar-refractivity contribution in [3.8, 4) is 0 Å². The number of aromatic nitrogens is 1. The number of hydrogen-bond donors (Lipinski definition) is 2. The number of amides is 2. The number of benzene rings is 1. The van der Waals surface area contributed by atoms with E-state index in [2.05, 4.69) is 15.8 Å². The van der Waals surface area contributed by atoms with Crippen LogP contribution < -0.4 is 10.6 Å². The Morgan fingerprint density at radius 3 is 2.80 bits per heavy atom. The summed E-state index contributed by atoms with van der Waals surface area (Å²) in [5.41, 5.74) is 1.51. The molecule has 0 unspecified atom stereocenters. The molecule has 25 heavy (non-hydrogen) atoms. The lowest BCUT2D eigenvalue weighted by Crippen LogP contribution is -2.43. The van der Waals surface area contributed by atoms with Crippen molar-refractivity contribution in [1.29, 1.82) is 0 Å². The molecule has 0 bridgehead atoms. The number of nitrogens with zero attached hydrogens (tertiary/aromatic N) is 2. The quantitative estimate of drug-likeness (QED) is 0.870. The topological polar surface area (TPSA) is 87.5 Å². The standard InChI is InChI=1S/C18H22N4O3/c1-13-10-17(25-21-13)20-16(23)12-22-9-5-6-14(11-22)18(24)19-15-7-3-2-4-8-15/h2-4,7-8,10,14H,5-6,9,11-12H2,1H3,(H,19,24)(H,20,23)/t14-/m1/s1. The van der Waals surface area contributed by atoms with Gasteiger partial charge in [0.05, 0.1) is 18.2 Å². The molecule has 7 nitrogen and oxygen atoms in total. The van der Waals surface area contributed by atoms with E-state index in [4.69, 9.17) is 4.52 Å². The van der Waals surface area contributed by atoms with Gasteiger partial charge in [-0.2, -0.15) is 0 Å². The van der Waals surface area contributed by atoms with Crippen molar-refractivity contribution in [2.45, 2.75) is 19.8 Å². The molecule has 0 saturated carbocycles. The summed E-state index contributed by atoms with van der Waals surface area (Å²) in [5, 5.41) is 9.36. The number of anilines is 2. The predicted molar refractivity (Wildman–Crippen MR) is 94.1 cm³/mol. The van der Waals surface area contributed by atoms with Crippen LogP contribution in [0.25, 0.3) is 0 Å². The first kappa shape index (κ1) is 17.2. The Balaban J connectivity index is 1.50. The van der Waals surface area contributed by atoms with Crippen LogP contribution in [0.15, 0.2) is 40.9 Å². The molecule has 7 heteroatoms. The number of rotatable bonds is 5. The predicted octanol–water partition coefficient (Wildman–Crippen LogP) is 2.27. The van der Waals surface area contributed by atoms with E-state index in [1.165, 1.54) is 0 Å². The van der Waals surface area contributed by atoms with Crippen molar-refractivity contribution < 1.29 is 14.1 Å². The Labute approximate surface area is 146 Å². The van der Waals surface area contributed by atoms with Gasteiger partial charge in [0, 0.05) is 18.3 Å². The van der Waals surface area contributed by atoms with Gasteiger partial charge in [0.1, 0.15) is 0 Å². The second kappa shape index (κ2) is 7.94. The van der Waals surface area contributed by atoms with Gasteiger partial charge in [-0.05, 0) is 38.4 Å². The maximum absolute atomic E-state index is 12.4. The summed E-state index contributed by atoms with van der Waals surface area (Å²) in [6, 6.07) is 11.1. The molecule has 1 saturated heterocycles. The number of aryl methyl sites for hydroxylation is 1. The lowest BCUT2D eigenvalue weighted by molar-refractivity contribution is -0.123. The molecule has 1 atom stereocenters. The fraction of sp³-hybridized carbons (Fsp3) is 0.389. The van der Waals surface area contributed by atoms with E-state index in [-0.39, 0.29) is 24.3 Å². The summed E-state index contributed by atoms with van der Waals surface area (Å²) in [6.45, 7) is 3.40. The van der Waals surface area contributed by atoms with E-state index < -0.39 is 0 Å². The summed E-state index contributed by atoms with van der Waals surface area (Å²) in [5.74, 6) is 0.0644. The molecule has 2 heterocycles. The van der Waals surface area contributed by atoms with Crippen molar-refractivity contribution >= 4 is 23.4 Å². The summed E-state index contributed by atoms with van der Waals surface area (Å²) >= 11 is 0. The first-order valence-electron chi connectivity index (χ1n) is 8.41. The molecule has 2 aromatic rings. The smallest absolute Gasteiger partial charge is 0.240 e. The van der Waals surface area contributed by atoms with Crippen LogP contribution in [0.1, 0.15) is 18.5 Å². The Kier molecular flexibility index (Phi) is 5.45. The van der Waals surface area contributed by atoms with Crippen LogP contribution >= 0.6 is 0 Å². The first-order chi connectivity index (χ1) is 12.1. The molecule has 3 rings (SSSR count). The molecular weight excluding hydrogens is 320 g/mol. The van der Waals surface area contributed by atoms with Gasteiger partial charge in [-0.3, -0.25) is 19.8 Å². The maximum atomic E-state index is 12.4. The second-order valence-electron chi connectivity index (χ2n) is 6.31. The summed E-state index contributed by atoms with van der Waals surface area (Å²) < 4.78 is 4.99.